The third kappa shape index (κ3) is 3.91. The van der Waals surface area contributed by atoms with Gasteiger partial charge in [0.25, 0.3) is 0 Å². The number of hydrogen-bond donors (Lipinski definition) is 2. The van der Waals surface area contributed by atoms with Crippen LogP contribution in [0, 0.1) is 6.92 Å². The van der Waals surface area contributed by atoms with E-state index in [0.29, 0.717) is 11.5 Å². The molecule has 0 aliphatic rings. The Morgan fingerprint density at radius 2 is 1.95 bits per heavy atom. The summed E-state index contributed by atoms with van der Waals surface area (Å²) in [7, 11) is 0. The Morgan fingerprint density at radius 1 is 1.27 bits per heavy atom. The lowest BCUT2D eigenvalue weighted by Gasteiger charge is -2.20. The van der Waals surface area contributed by atoms with Crippen molar-refractivity contribution in [1.29, 1.82) is 0 Å². The quantitative estimate of drug-likeness (QED) is 0.627. The van der Waals surface area contributed by atoms with Crippen molar-refractivity contribution in [3.05, 3.63) is 46.0 Å². The monoisotopic (exact) mass is 300 g/mol. The van der Waals surface area contributed by atoms with E-state index in [0.717, 1.165) is 18.7 Å². The number of aromatic amines is 1. The van der Waals surface area contributed by atoms with Gasteiger partial charge < -0.3 is 4.90 Å². The lowest BCUT2D eigenvalue weighted by Crippen LogP contribution is -2.21. The predicted molar refractivity (Wildman–Crippen MR) is 88.6 cm³/mol. The number of hydrogen-bond acceptors (Lipinski definition) is 6. The molecule has 2 aromatic rings. The largest absolute Gasteiger partial charge is 0.372 e. The maximum absolute atomic E-state index is 11.1. The minimum atomic E-state index is -0.508. The minimum Gasteiger partial charge on any atom is -0.372 e. The van der Waals surface area contributed by atoms with Crippen molar-refractivity contribution in [2.24, 2.45) is 5.10 Å². The number of aryl methyl sites for hydroxylation is 1. The van der Waals surface area contributed by atoms with Gasteiger partial charge in [0.2, 0.25) is 0 Å². The van der Waals surface area contributed by atoms with Crippen LogP contribution in [0.3, 0.4) is 0 Å². The Kier molecular flexibility index (Phi) is 5.24. The second-order valence-electron chi connectivity index (χ2n) is 4.71. The second kappa shape index (κ2) is 7.35. The van der Waals surface area contributed by atoms with Crippen LogP contribution in [-0.4, -0.2) is 34.5 Å². The molecule has 7 nitrogen and oxygen atoms in total. The van der Waals surface area contributed by atoms with Gasteiger partial charge in [-0.2, -0.15) is 15.2 Å². The zero-order chi connectivity index (χ0) is 15.9. The molecule has 0 saturated heterocycles. The van der Waals surface area contributed by atoms with E-state index in [4.69, 9.17) is 0 Å². The smallest absolute Gasteiger partial charge is 0.363 e. The van der Waals surface area contributed by atoms with Crippen LogP contribution in [-0.2, 0) is 0 Å². The molecular weight excluding hydrogens is 280 g/mol. The molecule has 2 rings (SSSR count). The summed E-state index contributed by atoms with van der Waals surface area (Å²) in [6.45, 7) is 7.96. The third-order valence-electron chi connectivity index (χ3n) is 3.28. The molecule has 0 aliphatic heterocycles. The van der Waals surface area contributed by atoms with Gasteiger partial charge >= 0.3 is 5.69 Å². The molecule has 0 unspecified atom stereocenters. The molecule has 7 heteroatoms. The lowest BCUT2D eigenvalue weighted by molar-refractivity contribution is 0.866. The molecule has 0 radical (unpaired) electrons. The first-order valence-corrected chi connectivity index (χ1v) is 7.21. The summed E-state index contributed by atoms with van der Waals surface area (Å²) in [5.41, 5.74) is 4.94. The van der Waals surface area contributed by atoms with E-state index in [9.17, 15) is 4.79 Å². The molecule has 0 amide bonds. The molecule has 0 fully saturated rings. The van der Waals surface area contributed by atoms with Gasteiger partial charge in [0.05, 0.1) is 6.21 Å². The van der Waals surface area contributed by atoms with E-state index in [2.05, 4.69) is 56.6 Å². The lowest BCUT2D eigenvalue weighted by atomic mass is 10.2. The number of hydrazone groups is 1. The topological polar surface area (TPSA) is 86.3 Å². The van der Waals surface area contributed by atoms with Gasteiger partial charge in [-0.15, -0.1) is 0 Å². The molecule has 0 aliphatic carbocycles. The van der Waals surface area contributed by atoms with Gasteiger partial charge in [0, 0.05) is 18.8 Å². The van der Waals surface area contributed by atoms with Crippen LogP contribution in [0.15, 0.2) is 34.2 Å². The van der Waals surface area contributed by atoms with Crippen molar-refractivity contribution in [3.8, 4) is 0 Å². The fourth-order valence-corrected chi connectivity index (χ4v) is 2.03. The number of nitrogens with zero attached hydrogens (tertiary/aromatic N) is 4. The van der Waals surface area contributed by atoms with E-state index in [-0.39, 0.29) is 0 Å². The summed E-state index contributed by atoms with van der Waals surface area (Å²) < 4.78 is 0. The molecule has 0 saturated carbocycles. The summed E-state index contributed by atoms with van der Waals surface area (Å²) in [6.07, 6.45) is 1.67. The summed E-state index contributed by atoms with van der Waals surface area (Å²) in [5, 5.41) is 10.2. The Bertz CT molecular complexity index is 688. The van der Waals surface area contributed by atoms with Crippen LogP contribution in [0.4, 0.5) is 11.5 Å². The van der Waals surface area contributed by atoms with Crippen molar-refractivity contribution in [2.45, 2.75) is 20.8 Å². The van der Waals surface area contributed by atoms with Crippen LogP contribution >= 0.6 is 0 Å². The van der Waals surface area contributed by atoms with Gasteiger partial charge in [-0.1, -0.05) is 12.1 Å². The van der Waals surface area contributed by atoms with Crippen LogP contribution < -0.4 is 16.0 Å². The molecule has 116 valence electrons. The molecule has 0 bridgehead atoms. The van der Waals surface area contributed by atoms with Gasteiger partial charge in [0.15, 0.2) is 5.82 Å². The van der Waals surface area contributed by atoms with Crippen molar-refractivity contribution >= 4 is 17.7 Å². The standard InChI is InChI=1S/C15H20N6O/c1-4-21(5-2)13-8-6-12(7-9-13)10-16-19-14-11(3)18-20-15(22)17-14/h6-10H,4-5H2,1-3H3,(H2,17,19,20,22). The van der Waals surface area contributed by atoms with Crippen molar-refractivity contribution < 1.29 is 0 Å². The highest BCUT2D eigenvalue weighted by molar-refractivity contribution is 5.80. The number of aromatic nitrogens is 3. The highest BCUT2D eigenvalue weighted by atomic mass is 16.1. The van der Waals surface area contributed by atoms with Crippen molar-refractivity contribution in [1.82, 2.24) is 15.2 Å². The first-order chi connectivity index (χ1) is 10.6. The summed E-state index contributed by atoms with van der Waals surface area (Å²) in [6, 6.07) is 8.11. The molecule has 0 spiro atoms. The zero-order valence-corrected chi connectivity index (χ0v) is 13.0. The molecule has 22 heavy (non-hydrogen) atoms. The van der Waals surface area contributed by atoms with Crippen LogP contribution in [0.1, 0.15) is 25.1 Å². The maximum atomic E-state index is 11.1. The van der Waals surface area contributed by atoms with Gasteiger partial charge in [0.1, 0.15) is 5.69 Å². The van der Waals surface area contributed by atoms with Crippen molar-refractivity contribution in [2.75, 3.05) is 23.4 Å². The Balaban J connectivity index is 2.04. The first kappa shape index (κ1) is 15.7. The Hall–Kier alpha value is -2.70. The fourth-order valence-electron chi connectivity index (χ4n) is 2.03. The first-order valence-electron chi connectivity index (χ1n) is 7.21. The van der Waals surface area contributed by atoms with E-state index >= 15 is 0 Å². The summed E-state index contributed by atoms with van der Waals surface area (Å²) >= 11 is 0. The van der Waals surface area contributed by atoms with Crippen molar-refractivity contribution in [3.63, 3.8) is 0 Å². The van der Waals surface area contributed by atoms with Crippen LogP contribution in [0.5, 0.6) is 0 Å². The Morgan fingerprint density at radius 3 is 2.59 bits per heavy atom. The highest BCUT2D eigenvalue weighted by Crippen LogP contribution is 2.14. The Labute approximate surface area is 129 Å². The fraction of sp³-hybridized carbons (Fsp3) is 0.333. The summed E-state index contributed by atoms with van der Waals surface area (Å²) in [5.74, 6) is 0.347. The average molecular weight is 300 g/mol. The van der Waals surface area contributed by atoms with E-state index in [1.165, 1.54) is 5.69 Å². The van der Waals surface area contributed by atoms with E-state index < -0.39 is 5.69 Å². The highest BCUT2D eigenvalue weighted by Gasteiger charge is 2.01. The third-order valence-corrected chi connectivity index (χ3v) is 3.28. The maximum Gasteiger partial charge on any atom is 0.363 e. The van der Waals surface area contributed by atoms with Crippen LogP contribution in [0.2, 0.25) is 0 Å². The van der Waals surface area contributed by atoms with E-state index in [1.807, 2.05) is 12.1 Å². The normalized spacial score (nSPS) is 10.9. The van der Waals surface area contributed by atoms with Gasteiger partial charge in [-0.25, -0.2) is 9.89 Å². The summed E-state index contributed by atoms with van der Waals surface area (Å²) in [4.78, 5) is 17.1. The molecule has 2 N–H and O–H groups in total. The minimum absolute atomic E-state index is 0.347. The van der Waals surface area contributed by atoms with Gasteiger partial charge in [-0.3, -0.25) is 5.43 Å². The molecule has 1 aromatic heterocycles. The number of anilines is 2. The number of H-pyrrole nitrogens is 1. The molecule has 1 heterocycles. The molecule has 1 aromatic carbocycles. The zero-order valence-electron chi connectivity index (χ0n) is 13.0. The predicted octanol–water partition coefficient (Wildman–Crippen LogP) is 1.77. The molecule has 0 atom stereocenters. The average Bonchev–Trinajstić information content (AvgIpc) is 2.53. The molecular formula is C15H20N6O. The number of benzene rings is 1. The second-order valence-corrected chi connectivity index (χ2v) is 4.71. The van der Waals surface area contributed by atoms with Crippen LogP contribution in [0.25, 0.3) is 0 Å². The van der Waals surface area contributed by atoms with E-state index in [1.54, 1.807) is 13.1 Å². The number of rotatable bonds is 6. The number of nitrogens with one attached hydrogen (secondary N) is 2. The van der Waals surface area contributed by atoms with Gasteiger partial charge in [-0.05, 0) is 38.5 Å². The SMILES string of the molecule is CCN(CC)c1ccc(C=NNc2nc(=O)[nH]nc2C)cc1.